The van der Waals surface area contributed by atoms with Gasteiger partial charge in [0.05, 0.1) is 6.04 Å². The van der Waals surface area contributed by atoms with E-state index in [-0.39, 0.29) is 46.8 Å². The van der Waals surface area contributed by atoms with Crippen molar-refractivity contribution in [2.75, 3.05) is 6.54 Å². The van der Waals surface area contributed by atoms with Gasteiger partial charge in [-0.15, -0.1) is 0 Å². The summed E-state index contributed by atoms with van der Waals surface area (Å²) in [4.78, 5) is 40.2. The van der Waals surface area contributed by atoms with Crippen LogP contribution in [-0.4, -0.2) is 39.0 Å². The third kappa shape index (κ3) is 2.29. The van der Waals surface area contributed by atoms with Crippen LogP contribution >= 0.6 is 0 Å². The number of halogens is 2. The van der Waals surface area contributed by atoms with Gasteiger partial charge >= 0.3 is 0 Å². The Hall–Kier alpha value is -3.23. The Morgan fingerprint density at radius 1 is 1.32 bits per heavy atom. The number of carbonyl (C=O) groups excluding carboxylic acids is 2. The molecule has 160 valence electrons. The molecule has 1 aromatic carbocycles. The second kappa shape index (κ2) is 5.72. The first kappa shape index (κ1) is 18.5. The maximum absolute atomic E-state index is 13.8. The van der Waals surface area contributed by atoms with Crippen molar-refractivity contribution in [3.05, 3.63) is 63.1 Å². The fourth-order valence-electron chi connectivity index (χ4n) is 5.93. The van der Waals surface area contributed by atoms with Crippen molar-refractivity contribution in [3.63, 3.8) is 0 Å². The first-order valence-electron chi connectivity index (χ1n) is 10.2. The standard InChI is InChI=1S/C22H19F2N3O4/c1-22-13-5-11-7-27(19(22)15(13)22)21(31)16-18(29)17(28)12(8-26(11)16)20(30)25-6-9-2-3-10(23)4-14(9)24/h2-4,8,11,13,15,19,29H,5-7H2,1H3,(H,25,30)/t11-,13+,15+,19?,22-/m1/s1. The number of hydrogen-bond donors (Lipinski definition) is 2. The Labute approximate surface area is 175 Å². The second-order valence-corrected chi connectivity index (χ2v) is 9.18. The summed E-state index contributed by atoms with van der Waals surface area (Å²) < 4.78 is 28.4. The summed E-state index contributed by atoms with van der Waals surface area (Å²) in [7, 11) is 0. The maximum atomic E-state index is 13.8. The Bertz CT molecular complexity index is 1260. The van der Waals surface area contributed by atoms with E-state index < -0.39 is 28.7 Å². The molecular formula is C22H19F2N3O4. The van der Waals surface area contributed by atoms with Gasteiger partial charge in [-0.3, -0.25) is 14.4 Å². The van der Waals surface area contributed by atoms with Gasteiger partial charge in [-0.05, 0) is 29.7 Å². The molecule has 4 bridgehead atoms. The first-order chi connectivity index (χ1) is 14.7. The molecule has 31 heavy (non-hydrogen) atoms. The molecule has 2 amide bonds. The zero-order valence-corrected chi connectivity index (χ0v) is 16.6. The van der Waals surface area contributed by atoms with Gasteiger partial charge in [-0.25, -0.2) is 8.78 Å². The third-order valence-electron chi connectivity index (χ3n) is 7.75. The van der Waals surface area contributed by atoms with Crippen LogP contribution in [0.1, 0.15) is 45.8 Å². The third-order valence-corrected chi connectivity index (χ3v) is 7.75. The van der Waals surface area contributed by atoms with E-state index in [2.05, 4.69) is 12.2 Å². The average molecular weight is 427 g/mol. The number of hydrogen-bond acceptors (Lipinski definition) is 4. The van der Waals surface area contributed by atoms with Crippen molar-refractivity contribution < 1.29 is 23.5 Å². The number of pyridine rings is 1. The molecule has 2 saturated heterocycles. The quantitative estimate of drug-likeness (QED) is 0.782. The van der Waals surface area contributed by atoms with Crippen LogP contribution in [0, 0.1) is 28.9 Å². The summed E-state index contributed by atoms with van der Waals surface area (Å²) >= 11 is 0. The molecule has 2 aromatic rings. The molecule has 1 unspecified atom stereocenters. The highest BCUT2D eigenvalue weighted by Crippen LogP contribution is 2.84. The molecule has 9 heteroatoms. The number of amides is 2. The number of carbonyl (C=O) groups is 2. The molecular weight excluding hydrogens is 408 g/mol. The normalized spacial score (nSPS) is 31.5. The minimum absolute atomic E-state index is 0.0580. The molecule has 0 radical (unpaired) electrons. The van der Waals surface area contributed by atoms with E-state index in [0.29, 0.717) is 24.4 Å². The fourth-order valence-corrected chi connectivity index (χ4v) is 5.93. The lowest BCUT2D eigenvalue weighted by atomic mass is 9.99. The summed E-state index contributed by atoms with van der Waals surface area (Å²) in [5.74, 6) is -2.48. The first-order valence-corrected chi connectivity index (χ1v) is 10.2. The number of nitrogens with zero attached hydrogens (tertiary/aromatic N) is 2. The van der Waals surface area contributed by atoms with E-state index in [1.807, 2.05) is 0 Å². The van der Waals surface area contributed by atoms with E-state index in [4.69, 9.17) is 0 Å². The maximum Gasteiger partial charge on any atom is 0.274 e. The SMILES string of the molecule is C[C@]12C3[C@@H]1[C@@H]2C[C@@H]1CN3C(=O)c2c(O)c(=O)c(C(=O)NCc3ccc(F)cc3F)cn21. The van der Waals surface area contributed by atoms with E-state index in [1.165, 1.54) is 12.3 Å². The Kier molecular flexibility index (Phi) is 3.42. The fraction of sp³-hybridized carbons (Fsp3) is 0.409. The summed E-state index contributed by atoms with van der Waals surface area (Å²) in [5, 5.41) is 13.0. The Morgan fingerprint density at radius 3 is 2.77 bits per heavy atom. The summed E-state index contributed by atoms with van der Waals surface area (Å²) in [6.45, 7) is 2.40. The Morgan fingerprint density at radius 2 is 2.06 bits per heavy atom. The second-order valence-electron chi connectivity index (χ2n) is 9.18. The number of benzene rings is 1. The van der Waals surface area contributed by atoms with Gasteiger partial charge in [0, 0.05) is 37.0 Å². The molecule has 4 fully saturated rings. The van der Waals surface area contributed by atoms with Crippen molar-refractivity contribution in [2.24, 2.45) is 17.3 Å². The lowest BCUT2D eigenvalue weighted by molar-refractivity contribution is 0.0626. The van der Waals surface area contributed by atoms with Gasteiger partial charge < -0.3 is 19.9 Å². The molecule has 0 spiro atoms. The molecule has 3 aliphatic heterocycles. The molecule has 4 heterocycles. The Balaban J connectivity index is 1.33. The molecule has 7 nitrogen and oxygen atoms in total. The topological polar surface area (TPSA) is 91.6 Å². The lowest BCUT2D eigenvalue weighted by Gasteiger charge is -2.35. The van der Waals surface area contributed by atoms with E-state index in [9.17, 15) is 28.3 Å². The number of fused-ring (bicyclic) bond motifs is 1. The summed E-state index contributed by atoms with van der Waals surface area (Å²) in [6.07, 6.45) is 2.15. The molecule has 2 saturated carbocycles. The molecule has 5 aliphatic rings. The van der Waals surface area contributed by atoms with Gasteiger partial charge in [-0.2, -0.15) is 0 Å². The smallest absolute Gasteiger partial charge is 0.274 e. The van der Waals surface area contributed by atoms with Crippen LogP contribution in [-0.2, 0) is 6.54 Å². The van der Waals surface area contributed by atoms with E-state index >= 15 is 0 Å². The van der Waals surface area contributed by atoms with Crippen molar-refractivity contribution >= 4 is 11.8 Å². The minimum Gasteiger partial charge on any atom is -0.503 e. The van der Waals surface area contributed by atoms with Gasteiger partial charge in [-0.1, -0.05) is 13.0 Å². The molecule has 7 rings (SSSR count). The number of aromatic hydroxyl groups is 1. The van der Waals surface area contributed by atoms with E-state index in [1.54, 1.807) is 9.47 Å². The van der Waals surface area contributed by atoms with Gasteiger partial charge in [0.1, 0.15) is 17.2 Å². The average Bonchev–Trinajstić information content (AvgIpc) is 3.57. The molecule has 5 atom stereocenters. The summed E-state index contributed by atoms with van der Waals surface area (Å²) in [5.41, 5.74) is -1.13. The van der Waals surface area contributed by atoms with Gasteiger partial charge in [0.25, 0.3) is 11.8 Å². The van der Waals surface area contributed by atoms with Crippen LogP contribution < -0.4 is 10.7 Å². The van der Waals surface area contributed by atoms with Crippen molar-refractivity contribution in [3.8, 4) is 5.75 Å². The van der Waals surface area contributed by atoms with Crippen LogP contribution in [0.5, 0.6) is 5.75 Å². The van der Waals surface area contributed by atoms with Crippen LogP contribution in [0.4, 0.5) is 8.78 Å². The number of aromatic nitrogens is 1. The van der Waals surface area contributed by atoms with Crippen LogP contribution in [0.2, 0.25) is 0 Å². The molecule has 1 aromatic heterocycles. The molecule has 2 aliphatic carbocycles. The van der Waals surface area contributed by atoms with Crippen molar-refractivity contribution in [1.29, 1.82) is 0 Å². The van der Waals surface area contributed by atoms with Gasteiger partial charge in [0.2, 0.25) is 5.43 Å². The zero-order valence-electron chi connectivity index (χ0n) is 16.6. The highest BCUT2D eigenvalue weighted by molar-refractivity contribution is 5.99. The van der Waals surface area contributed by atoms with Crippen LogP contribution in [0.25, 0.3) is 0 Å². The van der Waals surface area contributed by atoms with Crippen molar-refractivity contribution in [2.45, 2.75) is 32.0 Å². The monoisotopic (exact) mass is 427 g/mol. The van der Waals surface area contributed by atoms with Gasteiger partial charge in [0.15, 0.2) is 11.4 Å². The highest BCUT2D eigenvalue weighted by atomic mass is 19.1. The zero-order chi connectivity index (χ0) is 21.8. The highest BCUT2D eigenvalue weighted by Gasteiger charge is 2.86. The largest absolute Gasteiger partial charge is 0.503 e. The minimum atomic E-state index is -0.942. The number of rotatable bonds is 3. The van der Waals surface area contributed by atoms with Crippen LogP contribution in [0.3, 0.4) is 0 Å². The molecule has 2 N–H and O–H groups in total. The van der Waals surface area contributed by atoms with Crippen molar-refractivity contribution in [1.82, 2.24) is 14.8 Å². The number of nitrogens with one attached hydrogen (secondary N) is 1. The predicted molar refractivity (Wildman–Crippen MR) is 103 cm³/mol. The van der Waals surface area contributed by atoms with E-state index in [0.717, 1.165) is 12.5 Å². The van der Waals surface area contributed by atoms with Crippen LogP contribution in [0.15, 0.2) is 29.2 Å². The predicted octanol–water partition coefficient (Wildman–Crippen LogP) is 1.80. The lowest BCUT2D eigenvalue weighted by Crippen LogP contribution is -2.46. The summed E-state index contributed by atoms with van der Waals surface area (Å²) in [6, 6.07) is 3.03.